The Labute approximate surface area is 53.2 Å². The summed E-state index contributed by atoms with van der Waals surface area (Å²) in [6.45, 7) is 0. The van der Waals surface area contributed by atoms with Gasteiger partial charge in [0.25, 0.3) is 0 Å². The van der Waals surface area contributed by atoms with Crippen molar-refractivity contribution in [3.8, 4) is 0 Å². The molecule has 0 saturated carbocycles. The van der Waals surface area contributed by atoms with Crippen LogP contribution >= 0.6 is 0 Å². The molecule has 0 aromatic heterocycles. The summed E-state index contributed by atoms with van der Waals surface area (Å²) in [5.74, 6) is 0. The first-order chi connectivity index (χ1) is 2.77. The quantitative estimate of drug-likeness (QED) is 0.646. The van der Waals surface area contributed by atoms with E-state index in [0.29, 0.717) is 0 Å². The fourth-order valence-electron chi connectivity index (χ4n) is 0.0319. The molecular weight excluding hydrogens is 321 g/mol. The van der Waals surface area contributed by atoms with Crippen LogP contribution in [0, 0.1) is 0 Å². The van der Waals surface area contributed by atoms with E-state index < -0.39 is 42.3 Å². The van der Waals surface area contributed by atoms with Crippen molar-refractivity contribution in [1.82, 2.24) is 0 Å². The van der Waals surface area contributed by atoms with Crippen molar-refractivity contribution in [2.24, 2.45) is 0 Å². The molecule has 1 N–H and O–H groups in total. The summed E-state index contributed by atoms with van der Waals surface area (Å²) >= 11 is -5.53. The molecule has 0 aromatic rings. The van der Waals surface area contributed by atoms with Crippen LogP contribution in [0.25, 0.3) is 0 Å². The Morgan fingerprint density at radius 2 is 2.33 bits per heavy atom. The average Bonchev–Trinajstić information content (AvgIpc) is 1.35. The maximum absolute atomic E-state index is 9.47. The molecule has 0 bridgehead atoms. The number of rotatable bonds is 2. The van der Waals surface area contributed by atoms with Crippen molar-refractivity contribution in [3.05, 3.63) is 0 Å². The van der Waals surface area contributed by atoms with Gasteiger partial charge in [0.05, 0.1) is 0 Å². The first-order valence-electron chi connectivity index (χ1n) is 0.997. The molecule has 0 unspecified atom stereocenters. The van der Waals surface area contributed by atoms with Gasteiger partial charge >= 0.3 is 53.5 Å². The molecule has 0 amide bonds. The van der Waals surface area contributed by atoms with E-state index in [4.69, 9.17) is 3.69 Å². The van der Waals surface area contributed by atoms with Crippen LogP contribution in [0.5, 0.6) is 0 Å². The van der Waals surface area contributed by atoms with Gasteiger partial charge in [0.1, 0.15) is 0 Å². The molecule has 6 heteroatoms. The summed E-state index contributed by atoms with van der Waals surface area (Å²) < 4.78 is 30.5. The van der Waals surface area contributed by atoms with Gasteiger partial charge in [-0.05, 0) is 0 Å². The van der Waals surface area contributed by atoms with Gasteiger partial charge in [-0.15, -0.1) is 0 Å². The second kappa shape index (κ2) is 4.28. The molecule has 4 nitrogen and oxygen atoms in total. The Morgan fingerprint density at radius 1 is 1.83 bits per heavy atom. The normalized spacial score (nSPS) is 7.50. The summed E-state index contributed by atoms with van der Waals surface area (Å²) in [6.07, 6.45) is 0. The summed E-state index contributed by atoms with van der Waals surface area (Å²) in [6, 6.07) is 0. The van der Waals surface area contributed by atoms with Gasteiger partial charge in [-0.3, -0.25) is 0 Å². The minimum atomic E-state index is -3.37. The second-order valence-corrected chi connectivity index (χ2v) is 5.05. The predicted molar refractivity (Wildman–Crippen MR) is 10.4 cm³/mol. The third-order valence-corrected chi connectivity index (χ3v) is 4.17. The first kappa shape index (κ1) is 7.12. The van der Waals surface area contributed by atoms with Crippen LogP contribution in [-0.4, -0.2) is 27.4 Å². The molecule has 0 aliphatic carbocycles. The predicted octanol–water partition coefficient (Wildman–Crippen LogP) is -1.25. The summed E-state index contributed by atoms with van der Waals surface area (Å²) in [5.41, 5.74) is 0. The fraction of sp³-hybridized carbons (Fsp3) is 0. The number of hydrogen-bond donors (Lipinski definition) is 1. The molecule has 34 valence electrons. The SMILES string of the molecule is [O]=[Bi][O][Ti](=[O])[OH]. The van der Waals surface area contributed by atoms with Crippen LogP contribution in [-0.2, 0) is 26.1 Å². The molecule has 0 atom stereocenters. The summed E-state index contributed by atoms with van der Waals surface area (Å²) in [5, 5.41) is 0. The van der Waals surface area contributed by atoms with E-state index in [1.807, 2.05) is 0 Å². The molecule has 0 aliphatic rings. The third-order valence-electron chi connectivity index (χ3n) is 0.115. The Kier molecular flexibility index (Phi) is 5.08. The Balaban J connectivity index is 3.05. The van der Waals surface area contributed by atoms with Crippen molar-refractivity contribution < 1.29 is 29.8 Å². The van der Waals surface area contributed by atoms with Crippen LogP contribution in [0.3, 0.4) is 0 Å². The fourth-order valence-corrected chi connectivity index (χ4v) is 1.15. The Hall–Kier alpha value is 1.12. The standard InChI is InChI=1S/Bi.H2O.3O.Ti/h;1H2;;;;/q;;;;;+1/p-1. The van der Waals surface area contributed by atoms with Crippen molar-refractivity contribution in [2.45, 2.75) is 0 Å². The van der Waals surface area contributed by atoms with E-state index in [9.17, 15) is 6.14 Å². The zero-order chi connectivity index (χ0) is 4.99. The van der Waals surface area contributed by atoms with Gasteiger partial charge in [0, 0.05) is 0 Å². The van der Waals surface area contributed by atoms with Crippen LogP contribution in [0.4, 0.5) is 0 Å². The van der Waals surface area contributed by atoms with E-state index in [1.54, 1.807) is 0 Å². The molecule has 0 spiro atoms. The van der Waals surface area contributed by atoms with Crippen molar-refractivity contribution >= 4 is 23.7 Å². The van der Waals surface area contributed by atoms with Crippen molar-refractivity contribution in [3.63, 3.8) is 0 Å². The van der Waals surface area contributed by atoms with Crippen LogP contribution in [0.15, 0.2) is 0 Å². The van der Waals surface area contributed by atoms with Gasteiger partial charge in [-0.25, -0.2) is 0 Å². The molecule has 0 heterocycles. The monoisotopic (exact) mass is 322 g/mol. The number of hydrogen-bond acceptors (Lipinski definition) is 3. The van der Waals surface area contributed by atoms with Gasteiger partial charge < -0.3 is 0 Å². The molecule has 0 radical (unpaired) electrons. The van der Waals surface area contributed by atoms with E-state index in [0.717, 1.165) is 0 Å². The Morgan fingerprint density at radius 3 is 2.33 bits per heavy atom. The van der Waals surface area contributed by atoms with E-state index in [1.165, 1.54) is 0 Å². The molecule has 0 rings (SSSR count). The molecule has 0 aliphatic heterocycles. The minimum absolute atomic E-state index is 2.16. The van der Waals surface area contributed by atoms with Gasteiger partial charge in [-0.2, -0.15) is 0 Å². The van der Waals surface area contributed by atoms with Gasteiger partial charge in [-0.1, -0.05) is 0 Å². The van der Waals surface area contributed by atoms with Crippen LogP contribution < -0.4 is 0 Å². The average molecular weight is 322 g/mol. The molecular formula is HBiO4Ti. The molecule has 0 aromatic carbocycles. The zero-order valence-corrected chi connectivity index (χ0v) is 7.66. The third kappa shape index (κ3) is 5.12. The summed E-state index contributed by atoms with van der Waals surface area (Å²) in [7, 11) is 0. The molecule has 6 heavy (non-hydrogen) atoms. The van der Waals surface area contributed by atoms with Crippen LogP contribution in [0.2, 0.25) is 0 Å². The Bertz CT molecular complexity index is 67.9. The second-order valence-electron chi connectivity index (χ2n) is 0.432. The molecule has 0 fully saturated rings. The molecule has 0 saturated heterocycles. The van der Waals surface area contributed by atoms with Crippen LogP contribution in [0.1, 0.15) is 0 Å². The topological polar surface area (TPSA) is 63.6 Å². The summed E-state index contributed by atoms with van der Waals surface area (Å²) in [4.78, 5) is 0. The van der Waals surface area contributed by atoms with E-state index in [2.05, 4.69) is 1.39 Å². The van der Waals surface area contributed by atoms with Gasteiger partial charge in [0.15, 0.2) is 0 Å². The van der Waals surface area contributed by atoms with E-state index in [-0.39, 0.29) is 0 Å². The zero-order valence-electron chi connectivity index (χ0n) is 2.62. The van der Waals surface area contributed by atoms with Crippen molar-refractivity contribution in [1.29, 1.82) is 0 Å². The van der Waals surface area contributed by atoms with Crippen molar-refractivity contribution in [2.75, 3.05) is 0 Å². The first-order valence-corrected chi connectivity index (χ1v) is 5.81. The van der Waals surface area contributed by atoms with Gasteiger partial charge in [0.2, 0.25) is 0 Å². The maximum atomic E-state index is 9.47. The van der Waals surface area contributed by atoms with E-state index >= 15 is 0 Å².